The van der Waals surface area contributed by atoms with E-state index in [0.717, 1.165) is 0 Å². The average Bonchev–Trinajstić information content (AvgIpc) is 3.28. The molecule has 0 spiro atoms. The fraction of sp³-hybridized carbons (Fsp3) is 0.286. The number of rotatable bonds is 5. The normalized spacial score (nSPS) is 20.3. The zero-order chi connectivity index (χ0) is 20.5. The Labute approximate surface area is 167 Å². The van der Waals surface area contributed by atoms with Crippen LogP contribution in [0.4, 0.5) is 5.69 Å². The summed E-state index contributed by atoms with van der Waals surface area (Å²) in [7, 11) is 3.03. The van der Waals surface area contributed by atoms with Crippen LogP contribution in [0.2, 0.25) is 0 Å². The van der Waals surface area contributed by atoms with E-state index in [-0.39, 0.29) is 18.2 Å². The first-order valence-electron chi connectivity index (χ1n) is 9.17. The molecule has 2 atom stereocenters. The van der Waals surface area contributed by atoms with E-state index in [9.17, 15) is 14.4 Å². The molecule has 2 aliphatic heterocycles. The number of esters is 1. The number of nitrogens with zero attached hydrogens (tertiary/aromatic N) is 1. The van der Waals surface area contributed by atoms with Crippen LogP contribution in [0, 0.1) is 0 Å². The fourth-order valence-electron chi connectivity index (χ4n) is 3.73. The molecule has 2 amide bonds. The Morgan fingerprint density at radius 2 is 1.86 bits per heavy atom. The molecule has 1 fully saturated rings. The van der Waals surface area contributed by atoms with Gasteiger partial charge in [0.15, 0.2) is 11.5 Å². The molecule has 1 saturated heterocycles. The largest absolute Gasteiger partial charge is 0.493 e. The van der Waals surface area contributed by atoms with E-state index in [0.29, 0.717) is 34.7 Å². The van der Waals surface area contributed by atoms with Gasteiger partial charge < -0.3 is 19.5 Å². The molecule has 0 aromatic heterocycles. The molecule has 0 bridgehead atoms. The summed E-state index contributed by atoms with van der Waals surface area (Å²) in [6, 6.07) is 11.1. The van der Waals surface area contributed by atoms with Crippen molar-refractivity contribution in [3.05, 3.63) is 53.6 Å². The minimum absolute atomic E-state index is 0.209. The third-order valence-corrected chi connectivity index (χ3v) is 5.13. The van der Waals surface area contributed by atoms with Crippen molar-refractivity contribution < 1.29 is 28.6 Å². The number of hydrogen-bond acceptors (Lipinski definition) is 6. The minimum atomic E-state index is -0.894. The second-order valence-corrected chi connectivity index (χ2v) is 6.76. The molecule has 2 aliphatic rings. The second kappa shape index (κ2) is 7.46. The topological polar surface area (TPSA) is 94.2 Å². The van der Waals surface area contributed by atoms with Crippen molar-refractivity contribution in [1.82, 2.24) is 4.90 Å². The summed E-state index contributed by atoms with van der Waals surface area (Å²) in [4.78, 5) is 39.0. The molecule has 2 heterocycles. The first-order valence-corrected chi connectivity index (χ1v) is 9.17. The predicted molar refractivity (Wildman–Crippen MR) is 103 cm³/mol. The summed E-state index contributed by atoms with van der Waals surface area (Å²) >= 11 is 0. The van der Waals surface area contributed by atoms with Crippen molar-refractivity contribution in [3.63, 3.8) is 0 Å². The van der Waals surface area contributed by atoms with Crippen molar-refractivity contribution in [2.75, 3.05) is 19.5 Å². The molecule has 150 valence electrons. The lowest BCUT2D eigenvalue weighted by molar-refractivity contribution is -0.144. The SMILES string of the molecule is COc1ccc(NC(=O)[C@H]2CCC(=O)N2[C@H]2OC(=O)c3ccccc32)cc1OC. The molecule has 1 N–H and O–H groups in total. The number of anilines is 1. The number of nitrogens with one attached hydrogen (secondary N) is 1. The average molecular weight is 396 g/mol. The van der Waals surface area contributed by atoms with Gasteiger partial charge in [0.25, 0.3) is 0 Å². The van der Waals surface area contributed by atoms with Crippen molar-refractivity contribution in [1.29, 1.82) is 0 Å². The predicted octanol–water partition coefficient (Wildman–Crippen LogP) is 2.50. The van der Waals surface area contributed by atoms with E-state index in [4.69, 9.17) is 14.2 Å². The summed E-state index contributed by atoms with van der Waals surface area (Å²) in [6.45, 7) is 0. The summed E-state index contributed by atoms with van der Waals surface area (Å²) in [5, 5.41) is 2.81. The molecule has 0 unspecified atom stereocenters. The highest BCUT2D eigenvalue weighted by Crippen LogP contribution is 2.38. The lowest BCUT2D eigenvalue weighted by atomic mass is 10.1. The Hall–Kier alpha value is -3.55. The number of methoxy groups -OCH3 is 2. The van der Waals surface area contributed by atoms with Gasteiger partial charge in [-0.25, -0.2) is 4.79 Å². The van der Waals surface area contributed by atoms with Crippen LogP contribution in [0.5, 0.6) is 11.5 Å². The van der Waals surface area contributed by atoms with Crippen LogP contribution in [0.25, 0.3) is 0 Å². The fourth-order valence-corrected chi connectivity index (χ4v) is 3.73. The van der Waals surface area contributed by atoms with Crippen LogP contribution in [0.3, 0.4) is 0 Å². The second-order valence-electron chi connectivity index (χ2n) is 6.76. The highest BCUT2D eigenvalue weighted by molar-refractivity contribution is 6.00. The van der Waals surface area contributed by atoms with E-state index >= 15 is 0 Å². The molecule has 29 heavy (non-hydrogen) atoms. The van der Waals surface area contributed by atoms with E-state index in [2.05, 4.69) is 5.32 Å². The number of benzene rings is 2. The smallest absolute Gasteiger partial charge is 0.340 e. The van der Waals surface area contributed by atoms with Crippen molar-refractivity contribution in [3.8, 4) is 11.5 Å². The molecular formula is C21H20N2O6. The van der Waals surface area contributed by atoms with Crippen molar-refractivity contribution in [2.24, 2.45) is 0 Å². The molecule has 2 aromatic carbocycles. The summed E-state index contributed by atoms with van der Waals surface area (Å²) < 4.78 is 15.9. The van der Waals surface area contributed by atoms with Gasteiger partial charge in [-0.2, -0.15) is 0 Å². The van der Waals surface area contributed by atoms with E-state index in [1.165, 1.54) is 19.1 Å². The van der Waals surface area contributed by atoms with Crippen LogP contribution >= 0.6 is 0 Å². The highest BCUT2D eigenvalue weighted by atomic mass is 16.6. The van der Waals surface area contributed by atoms with Gasteiger partial charge in [-0.1, -0.05) is 18.2 Å². The van der Waals surface area contributed by atoms with E-state index in [1.807, 2.05) is 0 Å². The number of fused-ring (bicyclic) bond motifs is 1. The number of hydrogen-bond donors (Lipinski definition) is 1. The Kier molecular flexibility index (Phi) is 4.84. The number of carbonyl (C=O) groups is 3. The molecule has 4 rings (SSSR count). The van der Waals surface area contributed by atoms with E-state index in [1.54, 1.807) is 42.5 Å². The molecular weight excluding hydrogens is 376 g/mol. The van der Waals surface area contributed by atoms with Gasteiger partial charge in [0.1, 0.15) is 6.04 Å². The van der Waals surface area contributed by atoms with Gasteiger partial charge in [0, 0.05) is 23.7 Å². The van der Waals surface area contributed by atoms with Gasteiger partial charge in [0.05, 0.1) is 19.8 Å². The lowest BCUT2D eigenvalue weighted by Gasteiger charge is -2.29. The minimum Gasteiger partial charge on any atom is -0.493 e. The Balaban J connectivity index is 1.57. The van der Waals surface area contributed by atoms with Crippen LogP contribution in [0.1, 0.15) is 35.0 Å². The summed E-state index contributed by atoms with van der Waals surface area (Å²) in [6.07, 6.45) is -0.344. The summed E-state index contributed by atoms with van der Waals surface area (Å²) in [5.41, 5.74) is 1.52. The first-order chi connectivity index (χ1) is 14.0. The molecule has 2 aromatic rings. The number of carbonyl (C=O) groups excluding carboxylic acids is 3. The third-order valence-electron chi connectivity index (χ3n) is 5.13. The third kappa shape index (κ3) is 3.26. The maximum absolute atomic E-state index is 13.0. The molecule has 8 nitrogen and oxygen atoms in total. The van der Waals surface area contributed by atoms with Crippen LogP contribution in [-0.2, 0) is 14.3 Å². The van der Waals surface area contributed by atoms with Gasteiger partial charge in [0.2, 0.25) is 18.0 Å². The number of ether oxygens (including phenoxy) is 3. The zero-order valence-electron chi connectivity index (χ0n) is 16.0. The zero-order valence-corrected chi connectivity index (χ0v) is 16.0. The monoisotopic (exact) mass is 396 g/mol. The van der Waals surface area contributed by atoms with Crippen molar-refractivity contribution >= 4 is 23.5 Å². The van der Waals surface area contributed by atoms with E-state index < -0.39 is 18.2 Å². The standard InChI is InChI=1S/C21H20N2O6/c1-27-16-9-7-12(11-17(16)28-2)22-19(25)15-8-10-18(24)23(15)20-13-5-3-4-6-14(13)21(26)29-20/h3-7,9,11,15,20H,8,10H2,1-2H3,(H,22,25)/t15-,20+/m1/s1. The Bertz CT molecular complexity index is 989. The lowest BCUT2D eigenvalue weighted by Crippen LogP contribution is -2.43. The van der Waals surface area contributed by atoms with Gasteiger partial charge >= 0.3 is 5.97 Å². The van der Waals surface area contributed by atoms with Crippen LogP contribution < -0.4 is 14.8 Å². The molecule has 0 aliphatic carbocycles. The Morgan fingerprint density at radius 3 is 2.62 bits per heavy atom. The first kappa shape index (κ1) is 18.8. The maximum atomic E-state index is 13.0. The maximum Gasteiger partial charge on any atom is 0.340 e. The van der Waals surface area contributed by atoms with Crippen LogP contribution in [0.15, 0.2) is 42.5 Å². The Morgan fingerprint density at radius 1 is 1.10 bits per heavy atom. The number of amides is 2. The van der Waals surface area contributed by atoms with Crippen molar-refractivity contribution in [2.45, 2.75) is 25.1 Å². The molecule has 0 saturated carbocycles. The van der Waals surface area contributed by atoms with Crippen LogP contribution in [-0.4, -0.2) is 42.9 Å². The van der Waals surface area contributed by atoms with Gasteiger partial charge in [-0.15, -0.1) is 0 Å². The quantitative estimate of drug-likeness (QED) is 0.781. The molecule has 8 heteroatoms. The highest BCUT2D eigenvalue weighted by Gasteiger charge is 2.46. The molecule has 0 radical (unpaired) electrons. The summed E-state index contributed by atoms with van der Waals surface area (Å²) in [5.74, 6) is -0.0687. The van der Waals surface area contributed by atoms with Gasteiger partial charge in [-0.05, 0) is 24.6 Å². The van der Waals surface area contributed by atoms with Gasteiger partial charge in [-0.3, -0.25) is 14.5 Å². The number of cyclic esters (lactones) is 1. The number of likely N-dealkylation sites (tertiary alicyclic amines) is 1.